The zero-order chi connectivity index (χ0) is 13.1. The van der Waals surface area contributed by atoms with Crippen LogP contribution < -0.4 is 10.6 Å². The van der Waals surface area contributed by atoms with Crippen molar-refractivity contribution in [3.05, 3.63) is 23.9 Å². The van der Waals surface area contributed by atoms with Crippen molar-refractivity contribution in [3.8, 4) is 0 Å². The third-order valence-corrected chi connectivity index (χ3v) is 2.98. The van der Waals surface area contributed by atoms with Crippen LogP contribution in [-0.2, 0) is 4.79 Å². The molecule has 6 heteroatoms. The highest BCUT2D eigenvalue weighted by molar-refractivity contribution is 5.85. The number of aromatic carboxylic acids is 1. The van der Waals surface area contributed by atoms with Gasteiger partial charge in [0.05, 0.1) is 0 Å². The second kappa shape index (κ2) is 5.03. The standard InChI is InChI=1S/C12H15N3O3/c1-7-8(5-6-11(16)13-7)14-10-4-2-3-9(15-10)12(17)18/h2-4,7-8H,5-6H2,1H3,(H,13,16)(H,14,15)(H,17,18). The molecule has 2 atom stereocenters. The SMILES string of the molecule is CC1NC(=O)CCC1Nc1cccc(C(=O)O)n1. The first kappa shape index (κ1) is 12.3. The van der Waals surface area contributed by atoms with Crippen LogP contribution in [0.5, 0.6) is 0 Å². The predicted molar refractivity (Wildman–Crippen MR) is 65.4 cm³/mol. The van der Waals surface area contributed by atoms with Crippen LogP contribution >= 0.6 is 0 Å². The maximum atomic E-state index is 11.2. The average Bonchev–Trinajstić information content (AvgIpc) is 2.33. The molecule has 1 saturated heterocycles. The van der Waals surface area contributed by atoms with Crippen LogP contribution in [0.2, 0.25) is 0 Å². The van der Waals surface area contributed by atoms with Gasteiger partial charge in [-0.15, -0.1) is 0 Å². The number of hydrogen-bond acceptors (Lipinski definition) is 4. The summed E-state index contributed by atoms with van der Waals surface area (Å²) in [5.41, 5.74) is 0.00694. The molecule has 96 valence electrons. The lowest BCUT2D eigenvalue weighted by molar-refractivity contribution is -0.123. The van der Waals surface area contributed by atoms with Crippen LogP contribution in [0.3, 0.4) is 0 Å². The van der Waals surface area contributed by atoms with E-state index in [0.717, 1.165) is 0 Å². The van der Waals surface area contributed by atoms with E-state index in [0.29, 0.717) is 18.7 Å². The van der Waals surface area contributed by atoms with Gasteiger partial charge in [0.25, 0.3) is 0 Å². The fourth-order valence-corrected chi connectivity index (χ4v) is 1.98. The Labute approximate surface area is 104 Å². The summed E-state index contributed by atoms with van der Waals surface area (Å²) < 4.78 is 0. The molecule has 0 aromatic carbocycles. The first-order chi connectivity index (χ1) is 8.56. The largest absolute Gasteiger partial charge is 0.477 e. The van der Waals surface area contributed by atoms with Crippen LogP contribution in [0.25, 0.3) is 0 Å². The number of aromatic nitrogens is 1. The third-order valence-electron chi connectivity index (χ3n) is 2.98. The van der Waals surface area contributed by atoms with E-state index in [1.54, 1.807) is 12.1 Å². The van der Waals surface area contributed by atoms with E-state index < -0.39 is 5.97 Å². The fourth-order valence-electron chi connectivity index (χ4n) is 1.98. The smallest absolute Gasteiger partial charge is 0.354 e. The second-order valence-electron chi connectivity index (χ2n) is 4.36. The summed E-state index contributed by atoms with van der Waals surface area (Å²) in [6.07, 6.45) is 1.19. The number of hydrogen-bond donors (Lipinski definition) is 3. The first-order valence-electron chi connectivity index (χ1n) is 5.82. The molecule has 0 spiro atoms. The molecule has 1 amide bonds. The van der Waals surface area contributed by atoms with E-state index in [1.807, 2.05) is 6.92 Å². The Morgan fingerprint density at radius 1 is 1.56 bits per heavy atom. The molecule has 0 aliphatic carbocycles. The monoisotopic (exact) mass is 249 g/mol. The molecular weight excluding hydrogens is 234 g/mol. The van der Waals surface area contributed by atoms with Gasteiger partial charge in [0.15, 0.2) is 5.69 Å². The molecule has 3 N–H and O–H groups in total. The lowest BCUT2D eigenvalue weighted by Crippen LogP contribution is -2.49. The van der Waals surface area contributed by atoms with E-state index in [4.69, 9.17) is 5.11 Å². The average molecular weight is 249 g/mol. The topological polar surface area (TPSA) is 91.3 Å². The maximum absolute atomic E-state index is 11.2. The number of anilines is 1. The number of carboxylic acids is 1. The van der Waals surface area contributed by atoms with Crippen LogP contribution in [-0.4, -0.2) is 34.1 Å². The molecule has 1 aliphatic heterocycles. The van der Waals surface area contributed by atoms with Gasteiger partial charge in [-0.1, -0.05) is 6.07 Å². The summed E-state index contributed by atoms with van der Waals surface area (Å²) in [5.74, 6) is -0.487. The van der Waals surface area contributed by atoms with Crippen LogP contribution in [0.15, 0.2) is 18.2 Å². The summed E-state index contributed by atoms with van der Waals surface area (Å²) in [6.45, 7) is 1.91. The van der Waals surface area contributed by atoms with Crippen LogP contribution in [0.1, 0.15) is 30.3 Å². The molecule has 1 aromatic rings. The molecule has 0 bridgehead atoms. The van der Waals surface area contributed by atoms with Crippen molar-refractivity contribution in [3.63, 3.8) is 0 Å². The van der Waals surface area contributed by atoms with Crippen molar-refractivity contribution >= 4 is 17.7 Å². The lowest BCUT2D eigenvalue weighted by atomic mass is 9.99. The molecule has 1 fully saturated rings. The molecule has 1 aliphatic rings. The molecule has 0 radical (unpaired) electrons. The molecule has 18 heavy (non-hydrogen) atoms. The van der Waals surface area contributed by atoms with Gasteiger partial charge in [-0.3, -0.25) is 4.79 Å². The van der Waals surface area contributed by atoms with Gasteiger partial charge in [-0.25, -0.2) is 9.78 Å². The van der Waals surface area contributed by atoms with Crippen molar-refractivity contribution in [2.75, 3.05) is 5.32 Å². The predicted octanol–water partition coefficient (Wildman–Crippen LogP) is 0.859. The Kier molecular flexibility index (Phi) is 3.45. The van der Waals surface area contributed by atoms with Crippen molar-refractivity contribution in [2.24, 2.45) is 0 Å². The zero-order valence-electron chi connectivity index (χ0n) is 10.0. The van der Waals surface area contributed by atoms with Crippen LogP contribution in [0, 0.1) is 0 Å². The molecule has 2 rings (SSSR count). The van der Waals surface area contributed by atoms with Gasteiger partial charge >= 0.3 is 5.97 Å². The summed E-state index contributed by atoms with van der Waals surface area (Å²) in [6, 6.07) is 4.88. The quantitative estimate of drug-likeness (QED) is 0.739. The molecule has 2 unspecified atom stereocenters. The minimum Gasteiger partial charge on any atom is -0.477 e. The maximum Gasteiger partial charge on any atom is 0.354 e. The highest BCUT2D eigenvalue weighted by Crippen LogP contribution is 2.15. The first-order valence-corrected chi connectivity index (χ1v) is 5.82. The van der Waals surface area contributed by atoms with E-state index >= 15 is 0 Å². The van der Waals surface area contributed by atoms with Crippen molar-refractivity contribution in [1.29, 1.82) is 0 Å². The highest BCUT2D eigenvalue weighted by Gasteiger charge is 2.25. The number of nitrogens with one attached hydrogen (secondary N) is 2. The normalized spacial score (nSPS) is 23.3. The molecule has 2 heterocycles. The van der Waals surface area contributed by atoms with Gasteiger partial charge in [-0.05, 0) is 25.5 Å². The Balaban J connectivity index is 2.07. The van der Waals surface area contributed by atoms with Gasteiger partial charge < -0.3 is 15.7 Å². The number of rotatable bonds is 3. The van der Waals surface area contributed by atoms with Gasteiger partial charge in [0, 0.05) is 18.5 Å². The number of carboxylic acid groups (broad SMARTS) is 1. The fraction of sp³-hybridized carbons (Fsp3) is 0.417. The number of carbonyl (C=O) groups excluding carboxylic acids is 1. The van der Waals surface area contributed by atoms with Crippen molar-refractivity contribution in [2.45, 2.75) is 31.8 Å². The summed E-state index contributed by atoms with van der Waals surface area (Å²) in [5, 5.41) is 14.9. The van der Waals surface area contributed by atoms with E-state index in [-0.39, 0.29) is 23.7 Å². The molecule has 1 aromatic heterocycles. The summed E-state index contributed by atoms with van der Waals surface area (Å²) in [4.78, 5) is 26.0. The molecule has 0 saturated carbocycles. The Hall–Kier alpha value is -2.11. The van der Waals surface area contributed by atoms with Gasteiger partial charge in [-0.2, -0.15) is 0 Å². The van der Waals surface area contributed by atoms with E-state index in [9.17, 15) is 9.59 Å². The number of amides is 1. The van der Waals surface area contributed by atoms with Gasteiger partial charge in [0.1, 0.15) is 5.82 Å². The van der Waals surface area contributed by atoms with Crippen molar-refractivity contribution in [1.82, 2.24) is 10.3 Å². The molecular formula is C12H15N3O3. The second-order valence-corrected chi connectivity index (χ2v) is 4.36. The number of carbonyl (C=O) groups is 2. The Bertz CT molecular complexity index is 475. The summed E-state index contributed by atoms with van der Waals surface area (Å²) in [7, 11) is 0. The Morgan fingerprint density at radius 3 is 3.00 bits per heavy atom. The minimum absolute atomic E-state index is 0.00142. The van der Waals surface area contributed by atoms with Crippen LogP contribution in [0.4, 0.5) is 5.82 Å². The van der Waals surface area contributed by atoms with Crippen molar-refractivity contribution < 1.29 is 14.7 Å². The number of pyridine rings is 1. The molecule has 6 nitrogen and oxygen atoms in total. The highest BCUT2D eigenvalue weighted by atomic mass is 16.4. The third kappa shape index (κ3) is 2.77. The zero-order valence-corrected chi connectivity index (χ0v) is 10.0. The minimum atomic E-state index is -1.05. The lowest BCUT2D eigenvalue weighted by Gasteiger charge is -2.30. The van der Waals surface area contributed by atoms with E-state index in [2.05, 4.69) is 15.6 Å². The summed E-state index contributed by atoms with van der Waals surface area (Å²) >= 11 is 0. The van der Waals surface area contributed by atoms with E-state index in [1.165, 1.54) is 6.07 Å². The Morgan fingerprint density at radius 2 is 2.33 bits per heavy atom. The van der Waals surface area contributed by atoms with Gasteiger partial charge in [0.2, 0.25) is 5.91 Å². The number of nitrogens with zero attached hydrogens (tertiary/aromatic N) is 1. The number of piperidine rings is 1.